The van der Waals surface area contributed by atoms with Crippen LogP contribution in [0, 0.1) is 0 Å². The predicted molar refractivity (Wildman–Crippen MR) is 66.4 cm³/mol. The van der Waals surface area contributed by atoms with Gasteiger partial charge in [0.25, 0.3) is 0 Å². The summed E-state index contributed by atoms with van der Waals surface area (Å²) in [7, 11) is 3.96. The summed E-state index contributed by atoms with van der Waals surface area (Å²) in [5, 5.41) is 7.27. The first-order valence-corrected chi connectivity index (χ1v) is 5.74. The Hall–Kier alpha value is -1.40. The third-order valence-corrected chi connectivity index (χ3v) is 2.50. The van der Waals surface area contributed by atoms with Gasteiger partial charge in [-0.1, -0.05) is 0 Å². The van der Waals surface area contributed by atoms with E-state index in [9.17, 15) is 4.79 Å². The van der Waals surface area contributed by atoms with Crippen LogP contribution in [-0.2, 0) is 11.3 Å². The van der Waals surface area contributed by atoms with Crippen LogP contribution in [-0.4, -0.2) is 47.8 Å². The molecule has 1 unspecified atom stereocenters. The summed E-state index contributed by atoms with van der Waals surface area (Å²) in [6.45, 7) is 4.34. The van der Waals surface area contributed by atoms with Crippen molar-refractivity contribution in [1.29, 1.82) is 0 Å². The Morgan fingerprint density at radius 1 is 1.65 bits per heavy atom. The van der Waals surface area contributed by atoms with Crippen LogP contribution in [0.25, 0.3) is 0 Å². The van der Waals surface area contributed by atoms with E-state index in [-0.39, 0.29) is 5.91 Å². The molecule has 1 atom stereocenters. The fraction of sp³-hybridized carbons (Fsp3) is 0.636. The van der Waals surface area contributed by atoms with E-state index >= 15 is 0 Å². The number of nitrogens with two attached hydrogens (primary N) is 1. The van der Waals surface area contributed by atoms with Crippen molar-refractivity contribution < 1.29 is 4.79 Å². The molecule has 3 N–H and O–H groups in total. The van der Waals surface area contributed by atoms with Gasteiger partial charge in [-0.2, -0.15) is 5.10 Å². The number of hydrogen-bond donors (Lipinski definition) is 2. The Morgan fingerprint density at radius 2 is 2.35 bits per heavy atom. The zero-order chi connectivity index (χ0) is 12.8. The van der Waals surface area contributed by atoms with Gasteiger partial charge in [-0.05, 0) is 21.0 Å². The number of aromatic nitrogens is 2. The van der Waals surface area contributed by atoms with E-state index in [4.69, 9.17) is 5.73 Å². The topological polar surface area (TPSA) is 76.2 Å². The van der Waals surface area contributed by atoms with Crippen molar-refractivity contribution in [3.8, 4) is 0 Å². The van der Waals surface area contributed by atoms with Gasteiger partial charge in [0.1, 0.15) is 6.04 Å². The monoisotopic (exact) mass is 239 g/mol. The molecule has 1 aromatic heterocycles. The van der Waals surface area contributed by atoms with Gasteiger partial charge in [0, 0.05) is 31.4 Å². The Labute approximate surface area is 102 Å². The van der Waals surface area contributed by atoms with Gasteiger partial charge in [0.15, 0.2) is 0 Å². The van der Waals surface area contributed by atoms with Crippen LogP contribution in [0.5, 0.6) is 0 Å². The number of carbonyl (C=O) groups is 1. The lowest BCUT2D eigenvalue weighted by molar-refractivity contribution is -0.120. The fourth-order valence-electron chi connectivity index (χ4n) is 1.52. The number of primary amides is 1. The second-order valence-electron chi connectivity index (χ2n) is 4.22. The molecule has 1 heterocycles. The summed E-state index contributed by atoms with van der Waals surface area (Å²) < 4.78 is 1.78. The highest BCUT2D eigenvalue weighted by molar-refractivity contribution is 5.81. The van der Waals surface area contributed by atoms with Crippen molar-refractivity contribution in [3.05, 3.63) is 18.0 Å². The van der Waals surface area contributed by atoms with Crippen molar-refractivity contribution in [2.24, 2.45) is 5.73 Å². The minimum Gasteiger partial charge on any atom is -0.368 e. The van der Waals surface area contributed by atoms with E-state index in [1.165, 1.54) is 0 Å². The second-order valence-corrected chi connectivity index (χ2v) is 4.22. The SMILES string of the molecule is CCn1cc(C(NCCN(C)C)C(N)=O)cn1. The molecule has 0 fully saturated rings. The van der Waals surface area contributed by atoms with Gasteiger partial charge in [-0.15, -0.1) is 0 Å². The van der Waals surface area contributed by atoms with Crippen molar-refractivity contribution >= 4 is 5.91 Å². The molecule has 0 spiro atoms. The van der Waals surface area contributed by atoms with Crippen LogP contribution in [0.15, 0.2) is 12.4 Å². The standard InChI is InChI=1S/C11H21N5O/c1-4-16-8-9(7-14-16)10(11(12)17)13-5-6-15(2)3/h7-8,10,13H,4-6H2,1-3H3,(H2,12,17). The lowest BCUT2D eigenvalue weighted by Gasteiger charge is -2.16. The number of amides is 1. The third-order valence-electron chi connectivity index (χ3n) is 2.50. The fourth-order valence-corrected chi connectivity index (χ4v) is 1.52. The lowest BCUT2D eigenvalue weighted by atomic mass is 10.1. The molecule has 6 heteroatoms. The minimum absolute atomic E-state index is 0.376. The summed E-state index contributed by atoms with van der Waals surface area (Å²) >= 11 is 0. The van der Waals surface area contributed by atoms with Gasteiger partial charge in [0.2, 0.25) is 5.91 Å². The number of likely N-dealkylation sites (N-methyl/N-ethyl adjacent to an activating group) is 1. The Morgan fingerprint density at radius 3 is 2.82 bits per heavy atom. The number of nitrogens with one attached hydrogen (secondary N) is 1. The molecule has 0 radical (unpaired) electrons. The molecule has 0 aliphatic rings. The second kappa shape index (κ2) is 6.36. The Balaban J connectivity index is 2.62. The average Bonchev–Trinajstić information content (AvgIpc) is 2.71. The molecule has 0 saturated carbocycles. The number of rotatable bonds is 7. The van der Waals surface area contributed by atoms with E-state index in [0.717, 1.165) is 18.7 Å². The first-order chi connectivity index (χ1) is 8.04. The van der Waals surface area contributed by atoms with Gasteiger partial charge in [-0.3, -0.25) is 9.48 Å². The van der Waals surface area contributed by atoms with E-state index in [1.54, 1.807) is 10.9 Å². The van der Waals surface area contributed by atoms with Crippen molar-refractivity contribution in [2.75, 3.05) is 27.2 Å². The molecule has 6 nitrogen and oxygen atoms in total. The van der Waals surface area contributed by atoms with E-state index in [1.807, 2.05) is 32.1 Å². The van der Waals surface area contributed by atoms with E-state index in [2.05, 4.69) is 10.4 Å². The molecule has 1 aromatic rings. The van der Waals surface area contributed by atoms with Crippen LogP contribution in [0.2, 0.25) is 0 Å². The molecule has 1 amide bonds. The maximum atomic E-state index is 11.4. The van der Waals surface area contributed by atoms with Gasteiger partial charge in [-0.25, -0.2) is 0 Å². The Kier molecular flexibility index (Phi) is 5.11. The summed E-state index contributed by atoms with van der Waals surface area (Å²) in [6.07, 6.45) is 3.53. The summed E-state index contributed by atoms with van der Waals surface area (Å²) in [5.74, 6) is -0.376. The van der Waals surface area contributed by atoms with Crippen LogP contribution in [0.4, 0.5) is 0 Å². The molecule has 0 bridgehead atoms. The molecular formula is C11H21N5O. The van der Waals surface area contributed by atoms with Gasteiger partial charge < -0.3 is 16.0 Å². The molecule has 0 aliphatic carbocycles. The highest BCUT2D eigenvalue weighted by Gasteiger charge is 2.18. The number of hydrogen-bond acceptors (Lipinski definition) is 4. The summed E-state index contributed by atoms with van der Waals surface area (Å²) in [5.41, 5.74) is 6.20. The lowest BCUT2D eigenvalue weighted by Crippen LogP contribution is -2.37. The number of carbonyl (C=O) groups excluding carboxylic acids is 1. The van der Waals surface area contributed by atoms with Crippen LogP contribution >= 0.6 is 0 Å². The smallest absolute Gasteiger partial charge is 0.239 e. The van der Waals surface area contributed by atoms with E-state index < -0.39 is 6.04 Å². The van der Waals surface area contributed by atoms with Gasteiger partial charge in [0.05, 0.1) is 6.20 Å². The van der Waals surface area contributed by atoms with Crippen LogP contribution in [0.1, 0.15) is 18.5 Å². The zero-order valence-electron chi connectivity index (χ0n) is 10.7. The Bertz CT molecular complexity index is 360. The molecule has 96 valence electrons. The molecule has 0 aliphatic heterocycles. The highest BCUT2D eigenvalue weighted by Crippen LogP contribution is 2.11. The molecule has 0 aromatic carbocycles. The van der Waals surface area contributed by atoms with Crippen molar-refractivity contribution in [2.45, 2.75) is 19.5 Å². The first kappa shape index (κ1) is 13.7. The maximum absolute atomic E-state index is 11.4. The maximum Gasteiger partial charge on any atom is 0.239 e. The van der Waals surface area contributed by atoms with Crippen LogP contribution < -0.4 is 11.1 Å². The van der Waals surface area contributed by atoms with Gasteiger partial charge >= 0.3 is 0 Å². The predicted octanol–water partition coefficient (Wildman–Crippen LogP) is -0.419. The normalized spacial score (nSPS) is 12.9. The number of nitrogens with zero attached hydrogens (tertiary/aromatic N) is 3. The van der Waals surface area contributed by atoms with Crippen LogP contribution in [0.3, 0.4) is 0 Å². The van der Waals surface area contributed by atoms with E-state index in [0.29, 0.717) is 6.54 Å². The third kappa shape index (κ3) is 4.16. The molecular weight excluding hydrogens is 218 g/mol. The van der Waals surface area contributed by atoms with Crippen molar-refractivity contribution in [1.82, 2.24) is 20.0 Å². The largest absolute Gasteiger partial charge is 0.368 e. The average molecular weight is 239 g/mol. The molecule has 0 saturated heterocycles. The van der Waals surface area contributed by atoms with Crippen molar-refractivity contribution in [3.63, 3.8) is 0 Å². The first-order valence-electron chi connectivity index (χ1n) is 5.74. The number of aryl methyl sites for hydroxylation is 1. The summed E-state index contributed by atoms with van der Waals surface area (Å²) in [4.78, 5) is 13.4. The molecule has 1 rings (SSSR count). The minimum atomic E-state index is -0.463. The quantitative estimate of drug-likeness (QED) is 0.677. The summed E-state index contributed by atoms with van der Waals surface area (Å²) in [6, 6.07) is -0.463. The molecule has 17 heavy (non-hydrogen) atoms. The zero-order valence-corrected chi connectivity index (χ0v) is 10.7. The highest BCUT2D eigenvalue weighted by atomic mass is 16.1.